The Labute approximate surface area is 93.1 Å². The van der Waals surface area contributed by atoms with E-state index in [1.54, 1.807) is 0 Å². The standard InChI is InChI=1S/C13H22N2/c1-5-12(14)11-8-6-7-9-13(11)15(4)10(2)3/h6-10,12H,5,14H2,1-4H3/t12-/m1/s1. The van der Waals surface area contributed by atoms with Crippen molar-refractivity contribution in [1.82, 2.24) is 0 Å². The van der Waals surface area contributed by atoms with Crippen molar-refractivity contribution in [3.05, 3.63) is 29.8 Å². The highest BCUT2D eigenvalue weighted by molar-refractivity contribution is 5.54. The SMILES string of the molecule is CC[C@@H](N)c1ccccc1N(C)C(C)C. The van der Waals surface area contributed by atoms with Gasteiger partial charge in [-0.3, -0.25) is 0 Å². The second-order valence-corrected chi connectivity index (χ2v) is 4.28. The fourth-order valence-electron chi connectivity index (χ4n) is 1.62. The summed E-state index contributed by atoms with van der Waals surface area (Å²) in [5.74, 6) is 0. The van der Waals surface area contributed by atoms with Crippen LogP contribution in [-0.4, -0.2) is 13.1 Å². The third-order valence-electron chi connectivity index (χ3n) is 2.93. The van der Waals surface area contributed by atoms with E-state index in [9.17, 15) is 0 Å². The van der Waals surface area contributed by atoms with Crippen molar-refractivity contribution in [2.75, 3.05) is 11.9 Å². The highest BCUT2D eigenvalue weighted by Crippen LogP contribution is 2.26. The predicted molar refractivity (Wildman–Crippen MR) is 67.2 cm³/mol. The van der Waals surface area contributed by atoms with Crippen LogP contribution in [0.3, 0.4) is 0 Å². The molecule has 0 aromatic heterocycles. The van der Waals surface area contributed by atoms with Crippen LogP contribution in [0, 0.1) is 0 Å². The number of benzene rings is 1. The molecule has 2 heteroatoms. The summed E-state index contributed by atoms with van der Waals surface area (Å²) in [6, 6.07) is 9.04. The molecular weight excluding hydrogens is 184 g/mol. The van der Waals surface area contributed by atoms with Gasteiger partial charge in [0, 0.05) is 24.8 Å². The largest absolute Gasteiger partial charge is 0.372 e. The van der Waals surface area contributed by atoms with Crippen LogP contribution in [0.25, 0.3) is 0 Å². The highest BCUT2D eigenvalue weighted by atomic mass is 15.1. The van der Waals surface area contributed by atoms with Gasteiger partial charge in [-0.15, -0.1) is 0 Å². The van der Waals surface area contributed by atoms with Crippen molar-refractivity contribution >= 4 is 5.69 Å². The molecule has 0 saturated heterocycles. The highest BCUT2D eigenvalue weighted by Gasteiger charge is 2.13. The molecule has 0 radical (unpaired) electrons. The van der Waals surface area contributed by atoms with E-state index in [0.29, 0.717) is 6.04 Å². The topological polar surface area (TPSA) is 29.3 Å². The summed E-state index contributed by atoms with van der Waals surface area (Å²) in [4.78, 5) is 2.27. The molecule has 0 heterocycles. The average Bonchev–Trinajstić information content (AvgIpc) is 2.27. The van der Waals surface area contributed by atoms with Crippen molar-refractivity contribution in [3.63, 3.8) is 0 Å². The number of para-hydroxylation sites is 1. The first-order chi connectivity index (χ1) is 7.07. The fourth-order valence-corrected chi connectivity index (χ4v) is 1.62. The van der Waals surface area contributed by atoms with Gasteiger partial charge in [-0.2, -0.15) is 0 Å². The van der Waals surface area contributed by atoms with Crippen LogP contribution in [0.15, 0.2) is 24.3 Å². The molecular formula is C13H22N2. The number of hydrogen-bond acceptors (Lipinski definition) is 2. The first kappa shape index (κ1) is 12.1. The Morgan fingerprint density at radius 3 is 2.40 bits per heavy atom. The lowest BCUT2D eigenvalue weighted by Gasteiger charge is -2.28. The van der Waals surface area contributed by atoms with E-state index >= 15 is 0 Å². The Morgan fingerprint density at radius 1 is 1.27 bits per heavy atom. The summed E-state index contributed by atoms with van der Waals surface area (Å²) in [6.45, 7) is 6.50. The van der Waals surface area contributed by atoms with Crippen LogP contribution in [-0.2, 0) is 0 Å². The molecule has 0 aliphatic heterocycles. The van der Waals surface area contributed by atoms with Gasteiger partial charge in [0.2, 0.25) is 0 Å². The number of hydrogen-bond donors (Lipinski definition) is 1. The first-order valence-electron chi connectivity index (χ1n) is 5.65. The molecule has 2 N–H and O–H groups in total. The fraction of sp³-hybridized carbons (Fsp3) is 0.538. The van der Waals surface area contributed by atoms with E-state index in [2.05, 4.69) is 57.0 Å². The summed E-state index contributed by atoms with van der Waals surface area (Å²) in [7, 11) is 2.12. The van der Waals surface area contributed by atoms with Crippen LogP contribution in [0.4, 0.5) is 5.69 Å². The zero-order chi connectivity index (χ0) is 11.4. The smallest absolute Gasteiger partial charge is 0.0414 e. The Kier molecular flexibility index (Phi) is 4.15. The van der Waals surface area contributed by atoms with E-state index in [4.69, 9.17) is 5.73 Å². The number of nitrogens with zero attached hydrogens (tertiary/aromatic N) is 1. The van der Waals surface area contributed by atoms with Gasteiger partial charge in [-0.05, 0) is 31.9 Å². The first-order valence-corrected chi connectivity index (χ1v) is 5.65. The van der Waals surface area contributed by atoms with Crippen LogP contribution < -0.4 is 10.6 Å². The monoisotopic (exact) mass is 206 g/mol. The van der Waals surface area contributed by atoms with E-state index in [-0.39, 0.29) is 6.04 Å². The van der Waals surface area contributed by atoms with Crippen LogP contribution in [0.2, 0.25) is 0 Å². The second-order valence-electron chi connectivity index (χ2n) is 4.28. The molecule has 0 aliphatic carbocycles. The average molecular weight is 206 g/mol. The van der Waals surface area contributed by atoms with Crippen molar-refractivity contribution in [2.24, 2.45) is 5.73 Å². The van der Waals surface area contributed by atoms with E-state index in [1.807, 2.05) is 0 Å². The molecule has 0 spiro atoms. The third-order valence-corrected chi connectivity index (χ3v) is 2.93. The van der Waals surface area contributed by atoms with Gasteiger partial charge < -0.3 is 10.6 Å². The molecule has 84 valence electrons. The van der Waals surface area contributed by atoms with Crippen molar-refractivity contribution in [1.29, 1.82) is 0 Å². The summed E-state index contributed by atoms with van der Waals surface area (Å²) < 4.78 is 0. The molecule has 15 heavy (non-hydrogen) atoms. The quantitative estimate of drug-likeness (QED) is 0.820. The Bertz CT molecular complexity index is 307. The zero-order valence-electron chi connectivity index (χ0n) is 10.2. The van der Waals surface area contributed by atoms with Crippen molar-refractivity contribution in [2.45, 2.75) is 39.3 Å². The third kappa shape index (κ3) is 2.72. The Morgan fingerprint density at radius 2 is 1.87 bits per heavy atom. The minimum atomic E-state index is 0.141. The molecule has 1 aromatic rings. The minimum Gasteiger partial charge on any atom is -0.372 e. The van der Waals surface area contributed by atoms with Gasteiger partial charge >= 0.3 is 0 Å². The lowest BCUT2D eigenvalue weighted by atomic mass is 10.0. The van der Waals surface area contributed by atoms with Gasteiger partial charge in [0.05, 0.1) is 0 Å². The molecule has 2 nitrogen and oxygen atoms in total. The minimum absolute atomic E-state index is 0.141. The lowest BCUT2D eigenvalue weighted by Crippen LogP contribution is -2.27. The summed E-state index contributed by atoms with van der Waals surface area (Å²) in [5.41, 5.74) is 8.60. The molecule has 0 aliphatic rings. The molecule has 0 saturated carbocycles. The van der Waals surface area contributed by atoms with Crippen LogP contribution >= 0.6 is 0 Å². The number of rotatable bonds is 4. The normalized spacial score (nSPS) is 12.9. The molecule has 0 amide bonds. The van der Waals surface area contributed by atoms with Gasteiger partial charge in [0.15, 0.2) is 0 Å². The maximum absolute atomic E-state index is 6.11. The van der Waals surface area contributed by atoms with Crippen LogP contribution in [0.1, 0.15) is 38.8 Å². The van der Waals surface area contributed by atoms with Crippen molar-refractivity contribution in [3.8, 4) is 0 Å². The molecule has 1 atom stereocenters. The van der Waals surface area contributed by atoms with Gasteiger partial charge in [0.1, 0.15) is 0 Å². The maximum atomic E-state index is 6.11. The molecule has 1 rings (SSSR count). The molecule has 0 bridgehead atoms. The number of anilines is 1. The Hall–Kier alpha value is -1.02. The zero-order valence-corrected chi connectivity index (χ0v) is 10.2. The lowest BCUT2D eigenvalue weighted by molar-refractivity contribution is 0.683. The van der Waals surface area contributed by atoms with Crippen molar-refractivity contribution < 1.29 is 0 Å². The van der Waals surface area contributed by atoms with E-state index < -0.39 is 0 Å². The maximum Gasteiger partial charge on any atom is 0.0414 e. The van der Waals surface area contributed by atoms with E-state index in [0.717, 1.165) is 6.42 Å². The molecule has 0 unspecified atom stereocenters. The summed E-state index contributed by atoms with van der Waals surface area (Å²) >= 11 is 0. The second kappa shape index (κ2) is 5.17. The molecule has 0 fully saturated rings. The summed E-state index contributed by atoms with van der Waals surface area (Å²) in [5, 5.41) is 0. The van der Waals surface area contributed by atoms with E-state index in [1.165, 1.54) is 11.3 Å². The van der Waals surface area contributed by atoms with Gasteiger partial charge in [-0.1, -0.05) is 25.1 Å². The Balaban J connectivity index is 3.06. The van der Waals surface area contributed by atoms with Crippen LogP contribution in [0.5, 0.6) is 0 Å². The number of nitrogens with two attached hydrogens (primary N) is 1. The summed E-state index contributed by atoms with van der Waals surface area (Å²) in [6.07, 6.45) is 0.975. The molecule has 1 aromatic carbocycles. The van der Waals surface area contributed by atoms with Gasteiger partial charge in [-0.25, -0.2) is 0 Å². The predicted octanol–water partition coefficient (Wildman–Crippen LogP) is 2.94. The van der Waals surface area contributed by atoms with Gasteiger partial charge in [0.25, 0.3) is 0 Å².